The van der Waals surface area contributed by atoms with E-state index in [4.69, 9.17) is 15.2 Å². The van der Waals surface area contributed by atoms with Gasteiger partial charge in [0.25, 0.3) is 0 Å². The van der Waals surface area contributed by atoms with E-state index in [2.05, 4.69) is 4.98 Å². The Labute approximate surface area is 120 Å². The molecule has 2 rings (SSSR count). The number of anilines is 1. The second kappa shape index (κ2) is 5.70. The highest BCUT2D eigenvalue weighted by Crippen LogP contribution is 2.33. The number of ether oxygens (including phenoxy) is 2. The van der Waals surface area contributed by atoms with Gasteiger partial charge in [-0.2, -0.15) is 0 Å². The second-order valence-corrected chi connectivity index (χ2v) is 6.39. The predicted octanol–water partition coefficient (Wildman–Crippen LogP) is 1.40. The van der Waals surface area contributed by atoms with Gasteiger partial charge in [-0.05, 0) is 6.92 Å². The lowest BCUT2D eigenvalue weighted by Crippen LogP contribution is -2.18. The average molecular weight is 297 g/mol. The van der Waals surface area contributed by atoms with Gasteiger partial charge in [0.1, 0.15) is 0 Å². The van der Waals surface area contributed by atoms with E-state index < -0.39 is 10.8 Å². The summed E-state index contributed by atoms with van der Waals surface area (Å²) in [6.45, 7) is 2.46. The number of fused-ring (bicyclic) bond motifs is 1. The first-order chi connectivity index (χ1) is 9.47. The normalized spacial score (nSPS) is 14.2. The molecule has 0 aliphatic heterocycles. The Bertz CT molecular complexity index is 654. The van der Waals surface area contributed by atoms with Crippen LogP contribution in [-0.4, -0.2) is 39.5 Å². The Balaban J connectivity index is 2.54. The Morgan fingerprint density at radius 2 is 1.95 bits per heavy atom. The van der Waals surface area contributed by atoms with E-state index in [-0.39, 0.29) is 5.25 Å². The van der Waals surface area contributed by atoms with Crippen LogP contribution < -0.4 is 15.2 Å². The third-order valence-electron chi connectivity index (χ3n) is 3.29. The van der Waals surface area contributed by atoms with Crippen molar-refractivity contribution in [2.45, 2.75) is 18.7 Å². The summed E-state index contributed by atoms with van der Waals surface area (Å²) in [5, 5.41) is -0.0113. The lowest BCUT2D eigenvalue weighted by Gasteiger charge is -2.12. The van der Waals surface area contributed by atoms with Gasteiger partial charge < -0.3 is 19.8 Å². The van der Waals surface area contributed by atoms with E-state index in [1.807, 2.05) is 17.6 Å². The number of nitrogens with zero attached hydrogens (tertiary/aromatic N) is 2. The molecular weight excluding hydrogens is 278 g/mol. The Kier molecular flexibility index (Phi) is 4.17. The van der Waals surface area contributed by atoms with Crippen molar-refractivity contribution in [2.24, 2.45) is 0 Å². The predicted molar refractivity (Wildman–Crippen MR) is 80.8 cm³/mol. The zero-order valence-electron chi connectivity index (χ0n) is 12.0. The number of imidazole rings is 1. The summed E-state index contributed by atoms with van der Waals surface area (Å²) in [6.07, 6.45) is 1.68. The monoisotopic (exact) mass is 297 g/mol. The summed E-state index contributed by atoms with van der Waals surface area (Å²) < 4.78 is 23.9. The maximum atomic E-state index is 11.5. The van der Waals surface area contributed by atoms with E-state index >= 15 is 0 Å². The Morgan fingerprint density at radius 1 is 1.35 bits per heavy atom. The molecule has 0 bridgehead atoms. The van der Waals surface area contributed by atoms with Crippen LogP contribution in [0.15, 0.2) is 12.1 Å². The number of aromatic nitrogens is 2. The van der Waals surface area contributed by atoms with E-state index in [1.54, 1.807) is 26.5 Å². The number of hydrogen-bond donors (Lipinski definition) is 1. The molecule has 2 unspecified atom stereocenters. The van der Waals surface area contributed by atoms with E-state index in [9.17, 15) is 4.21 Å². The highest BCUT2D eigenvalue weighted by molar-refractivity contribution is 7.84. The molecule has 0 amide bonds. The minimum Gasteiger partial charge on any atom is -0.493 e. The largest absolute Gasteiger partial charge is 0.493 e. The van der Waals surface area contributed by atoms with Crippen LogP contribution in [-0.2, 0) is 17.3 Å². The number of rotatable bonds is 5. The summed E-state index contributed by atoms with van der Waals surface area (Å²) in [7, 11) is 2.24. The van der Waals surface area contributed by atoms with Gasteiger partial charge in [0, 0.05) is 41.0 Å². The maximum absolute atomic E-state index is 11.5. The number of nitrogens with two attached hydrogens (primary N) is 1. The zero-order valence-corrected chi connectivity index (χ0v) is 12.9. The van der Waals surface area contributed by atoms with Crippen molar-refractivity contribution < 1.29 is 13.7 Å². The molecule has 0 aliphatic carbocycles. The smallest absolute Gasteiger partial charge is 0.201 e. The first-order valence-corrected chi connectivity index (χ1v) is 7.80. The number of benzene rings is 1. The Morgan fingerprint density at radius 3 is 2.50 bits per heavy atom. The Hall–Kier alpha value is -1.76. The first kappa shape index (κ1) is 14.6. The number of nitrogen functional groups attached to an aromatic ring is 1. The molecule has 0 radical (unpaired) electrons. The minimum atomic E-state index is -0.919. The summed E-state index contributed by atoms with van der Waals surface area (Å²) in [5.41, 5.74) is 7.53. The van der Waals surface area contributed by atoms with Gasteiger partial charge in [0.05, 0.1) is 25.3 Å². The third kappa shape index (κ3) is 2.58. The van der Waals surface area contributed by atoms with Crippen LogP contribution in [0.4, 0.5) is 5.95 Å². The van der Waals surface area contributed by atoms with Crippen molar-refractivity contribution in [3.05, 3.63) is 12.1 Å². The van der Waals surface area contributed by atoms with Crippen molar-refractivity contribution >= 4 is 27.8 Å². The lowest BCUT2D eigenvalue weighted by atomic mass is 10.2. The molecular formula is C13H19N3O3S. The fraction of sp³-hybridized carbons (Fsp3) is 0.462. The number of hydrogen-bond acceptors (Lipinski definition) is 5. The second-order valence-electron chi connectivity index (χ2n) is 4.59. The van der Waals surface area contributed by atoms with Gasteiger partial charge in [-0.1, -0.05) is 0 Å². The molecule has 2 N–H and O–H groups in total. The van der Waals surface area contributed by atoms with E-state index in [0.29, 0.717) is 24.0 Å². The molecule has 1 heterocycles. The van der Waals surface area contributed by atoms with Gasteiger partial charge in [-0.3, -0.25) is 4.21 Å². The van der Waals surface area contributed by atoms with E-state index in [0.717, 1.165) is 11.0 Å². The minimum absolute atomic E-state index is 0.0113. The highest BCUT2D eigenvalue weighted by atomic mass is 32.2. The molecule has 1 aromatic carbocycles. The molecule has 2 aromatic rings. The van der Waals surface area contributed by atoms with Crippen molar-refractivity contribution in [3.8, 4) is 11.5 Å². The molecule has 0 saturated heterocycles. The van der Waals surface area contributed by atoms with Gasteiger partial charge in [-0.15, -0.1) is 0 Å². The molecule has 6 nitrogen and oxygen atoms in total. The summed E-state index contributed by atoms with van der Waals surface area (Å²) in [4.78, 5) is 4.32. The standard InChI is InChI=1S/C13H19N3O3S/c1-8(20(4)17)7-16-10-6-12(19-3)11(18-2)5-9(10)15-13(16)14/h5-6,8H,7H2,1-4H3,(H2,14,15). The lowest BCUT2D eigenvalue weighted by molar-refractivity contribution is 0.355. The maximum Gasteiger partial charge on any atom is 0.201 e. The first-order valence-electron chi connectivity index (χ1n) is 6.17. The van der Waals surface area contributed by atoms with Crippen LogP contribution in [0.2, 0.25) is 0 Å². The average Bonchev–Trinajstić information content (AvgIpc) is 2.72. The van der Waals surface area contributed by atoms with Crippen molar-refractivity contribution in [1.29, 1.82) is 0 Å². The van der Waals surface area contributed by atoms with Crippen LogP contribution in [0.5, 0.6) is 11.5 Å². The molecule has 2 atom stereocenters. The highest BCUT2D eigenvalue weighted by Gasteiger charge is 2.16. The molecule has 20 heavy (non-hydrogen) atoms. The molecule has 1 aromatic heterocycles. The molecule has 7 heteroatoms. The summed E-state index contributed by atoms with van der Waals surface area (Å²) in [5.74, 6) is 1.62. The molecule has 0 fully saturated rings. The van der Waals surface area contributed by atoms with Crippen LogP contribution >= 0.6 is 0 Å². The molecule has 0 spiro atoms. The topological polar surface area (TPSA) is 79.4 Å². The van der Waals surface area contributed by atoms with Crippen LogP contribution in [0.1, 0.15) is 6.92 Å². The fourth-order valence-electron chi connectivity index (χ4n) is 2.02. The van der Waals surface area contributed by atoms with Gasteiger partial charge in [0.15, 0.2) is 11.5 Å². The van der Waals surface area contributed by atoms with Gasteiger partial charge in [0.2, 0.25) is 5.95 Å². The van der Waals surface area contributed by atoms with E-state index in [1.165, 1.54) is 0 Å². The molecule has 110 valence electrons. The fourth-order valence-corrected chi connectivity index (χ4v) is 2.38. The molecule has 0 aliphatic rings. The van der Waals surface area contributed by atoms with Crippen molar-refractivity contribution in [2.75, 3.05) is 26.2 Å². The van der Waals surface area contributed by atoms with Crippen LogP contribution in [0.25, 0.3) is 11.0 Å². The van der Waals surface area contributed by atoms with Crippen LogP contribution in [0, 0.1) is 0 Å². The van der Waals surface area contributed by atoms with Gasteiger partial charge in [-0.25, -0.2) is 4.98 Å². The number of methoxy groups -OCH3 is 2. The summed E-state index contributed by atoms with van der Waals surface area (Å²) >= 11 is 0. The quantitative estimate of drug-likeness (QED) is 0.902. The third-order valence-corrected chi connectivity index (χ3v) is 4.57. The zero-order chi connectivity index (χ0) is 14.9. The molecule has 0 saturated carbocycles. The SMILES string of the molecule is COc1cc2nc(N)n(CC(C)S(C)=O)c2cc1OC. The van der Waals surface area contributed by atoms with Crippen LogP contribution in [0.3, 0.4) is 0 Å². The van der Waals surface area contributed by atoms with Gasteiger partial charge >= 0.3 is 0 Å². The van der Waals surface area contributed by atoms with Crippen molar-refractivity contribution in [1.82, 2.24) is 9.55 Å². The van der Waals surface area contributed by atoms with Crippen molar-refractivity contribution in [3.63, 3.8) is 0 Å². The summed E-state index contributed by atoms with van der Waals surface area (Å²) in [6, 6.07) is 3.62.